The first-order valence-electron chi connectivity index (χ1n) is 7.02. The molecule has 0 atom stereocenters. The third kappa shape index (κ3) is 2.62. The lowest BCUT2D eigenvalue weighted by Crippen LogP contribution is -2.11. The van der Waals surface area contributed by atoms with Crippen molar-refractivity contribution < 1.29 is 4.39 Å². The number of hydrogen-bond acceptors (Lipinski definition) is 2. The molecule has 0 saturated heterocycles. The van der Waals surface area contributed by atoms with Gasteiger partial charge in [-0.1, -0.05) is 36.0 Å². The molecule has 2 aromatic heterocycles. The van der Waals surface area contributed by atoms with E-state index in [0.717, 1.165) is 28.1 Å². The molecule has 3 nitrogen and oxygen atoms in total. The van der Waals surface area contributed by atoms with Gasteiger partial charge in [0.1, 0.15) is 16.0 Å². The molecule has 0 saturated carbocycles. The standard InChI is InChI=1S/C17H11ClFN3S/c18-16-6-12-9-22-8-11(10-1-3-13(19)4-2-10)5-15(22)17(23)21-14(12)7-20-16/h1-8H,9H2,(H,21,23). The minimum Gasteiger partial charge on any atom is -0.343 e. The van der Waals surface area contributed by atoms with Crippen LogP contribution in [0, 0.1) is 5.82 Å². The number of thiocarbonyl (C=S) groups is 1. The van der Waals surface area contributed by atoms with Crippen LogP contribution < -0.4 is 5.32 Å². The van der Waals surface area contributed by atoms with E-state index in [1.807, 2.05) is 18.3 Å². The van der Waals surface area contributed by atoms with E-state index >= 15 is 0 Å². The summed E-state index contributed by atoms with van der Waals surface area (Å²) in [5.74, 6) is -0.247. The number of halogens is 2. The lowest BCUT2D eigenvalue weighted by molar-refractivity contribution is 0.628. The Morgan fingerprint density at radius 1 is 1.17 bits per heavy atom. The second kappa shape index (κ2) is 5.44. The van der Waals surface area contributed by atoms with Crippen molar-refractivity contribution in [1.82, 2.24) is 9.55 Å². The highest BCUT2D eigenvalue weighted by Gasteiger charge is 2.18. The smallest absolute Gasteiger partial charge is 0.129 e. The van der Waals surface area contributed by atoms with Gasteiger partial charge in [0.15, 0.2) is 0 Å². The molecule has 0 radical (unpaired) electrons. The number of fused-ring (bicyclic) bond motifs is 2. The van der Waals surface area contributed by atoms with E-state index < -0.39 is 0 Å². The molecule has 1 aliphatic heterocycles. The molecule has 1 N–H and O–H groups in total. The Labute approximate surface area is 142 Å². The van der Waals surface area contributed by atoms with Gasteiger partial charge >= 0.3 is 0 Å². The molecule has 0 fully saturated rings. The molecule has 3 aromatic rings. The van der Waals surface area contributed by atoms with Gasteiger partial charge in [0, 0.05) is 18.3 Å². The van der Waals surface area contributed by atoms with Crippen LogP contribution in [0.2, 0.25) is 5.15 Å². The Bertz CT molecular complexity index is 918. The van der Waals surface area contributed by atoms with Crippen molar-refractivity contribution in [3.63, 3.8) is 0 Å². The minimum absolute atomic E-state index is 0.247. The van der Waals surface area contributed by atoms with Gasteiger partial charge in [-0.15, -0.1) is 0 Å². The van der Waals surface area contributed by atoms with E-state index in [2.05, 4.69) is 14.9 Å². The summed E-state index contributed by atoms with van der Waals surface area (Å²) in [6.07, 6.45) is 3.71. The number of anilines is 1. The number of nitrogens with one attached hydrogen (secondary N) is 1. The van der Waals surface area contributed by atoms with Crippen LogP contribution in [0.25, 0.3) is 11.1 Å². The second-order valence-corrected chi connectivity index (χ2v) is 6.16. The zero-order valence-electron chi connectivity index (χ0n) is 11.9. The Balaban J connectivity index is 1.79. The first-order chi connectivity index (χ1) is 11.1. The molecule has 114 valence electrons. The molecule has 1 aliphatic rings. The fourth-order valence-corrected chi connectivity index (χ4v) is 3.18. The number of nitrogens with zero attached hydrogens (tertiary/aromatic N) is 2. The maximum atomic E-state index is 13.1. The quantitative estimate of drug-likeness (QED) is 0.521. The van der Waals surface area contributed by atoms with Gasteiger partial charge in [0.25, 0.3) is 0 Å². The number of rotatable bonds is 1. The molecule has 23 heavy (non-hydrogen) atoms. The normalized spacial score (nSPS) is 13.0. The van der Waals surface area contributed by atoms with Gasteiger partial charge in [-0.3, -0.25) is 0 Å². The fourth-order valence-electron chi connectivity index (χ4n) is 2.71. The van der Waals surface area contributed by atoms with Gasteiger partial charge in [-0.25, -0.2) is 9.37 Å². The van der Waals surface area contributed by atoms with Crippen molar-refractivity contribution in [2.75, 3.05) is 5.32 Å². The van der Waals surface area contributed by atoms with E-state index in [0.29, 0.717) is 16.7 Å². The zero-order chi connectivity index (χ0) is 16.0. The Morgan fingerprint density at radius 3 is 2.74 bits per heavy atom. The third-order valence-electron chi connectivity index (χ3n) is 3.85. The summed E-state index contributed by atoms with van der Waals surface area (Å²) >= 11 is 11.5. The van der Waals surface area contributed by atoms with Crippen LogP contribution in [0.3, 0.4) is 0 Å². The number of hydrogen-bond donors (Lipinski definition) is 1. The van der Waals surface area contributed by atoms with E-state index in [4.69, 9.17) is 23.8 Å². The molecule has 0 amide bonds. The molecular weight excluding hydrogens is 333 g/mol. The van der Waals surface area contributed by atoms with Crippen LogP contribution in [0.1, 0.15) is 11.3 Å². The maximum Gasteiger partial charge on any atom is 0.129 e. The molecule has 0 bridgehead atoms. The highest BCUT2D eigenvalue weighted by atomic mass is 35.5. The Kier molecular flexibility index (Phi) is 3.39. The van der Waals surface area contributed by atoms with E-state index in [-0.39, 0.29) is 5.82 Å². The summed E-state index contributed by atoms with van der Waals surface area (Å²) < 4.78 is 15.2. The highest BCUT2D eigenvalue weighted by Crippen LogP contribution is 2.29. The third-order valence-corrected chi connectivity index (χ3v) is 4.37. The van der Waals surface area contributed by atoms with Crippen LogP contribution in [-0.2, 0) is 6.54 Å². The van der Waals surface area contributed by atoms with Crippen LogP contribution in [0.15, 0.2) is 48.8 Å². The lowest BCUT2D eigenvalue weighted by Gasteiger charge is -2.07. The maximum absolute atomic E-state index is 13.1. The highest BCUT2D eigenvalue weighted by molar-refractivity contribution is 7.81. The molecule has 1 aromatic carbocycles. The van der Waals surface area contributed by atoms with Gasteiger partial charge in [0.05, 0.1) is 17.6 Å². The largest absolute Gasteiger partial charge is 0.343 e. The van der Waals surface area contributed by atoms with Crippen LogP contribution in [0.4, 0.5) is 10.1 Å². The van der Waals surface area contributed by atoms with Crippen molar-refractivity contribution in [2.24, 2.45) is 0 Å². The van der Waals surface area contributed by atoms with Gasteiger partial charge in [-0.2, -0.15) is 0 Å². The minimum atomic E-state index is -0.247. The molecule has 3 heterocycles. The van der Waals surface area contributed by atoms with E-state index in [1.54, 1.807) is 18.3 Å². The molecule has 4 rings (SSSR count). The van der Waals surface area contributed by atoms with Gasteiger partial charge in [0.2, 0.25) is 0 Å². The Morgan fingerprint density at radius 2 is 1.96 bits per heavy atom. The average molecular weight is 344 g/mol. The monoisotopic (exact) mass is 343 g/mol. The van der Waals surface area contributed by atoms with Crippen molar-refractivity contribution in [1.29, 1.82) is 0 Å². The van der Waals surface area contributed by atoms with Gasteiger partial charge in [-0.05, 0) is 35.4 Å². The van der Waals surface area contributed by atoms with E-state index in [1.165, 1.54) is 12.1 Å². The number of pyridine rings is 1. The SMILES string of the molecule is Fc1ccc(-c2cc3n(c2)Cc2cc(Cl)ncc2NC3=S)cc1. The van der Waals surface area contributed by atoms with Crippen LogP contribution in [-0.4, -0.2) is 14.5 Å². The summed E-state index contributed by atoms with van der Waals surface area (Å²) in [5.41, 5.74) is 4.74. The second-order valence-electron chi connectivity index (χ2n) is 5.37. The van der Waals surface area contributed by atoms with Crippen LogP contribution >= 0.6 is 23.8 Å². The van der Waals surface area contributed by atoms with Crippen molar-refractivity contribution in [2.45, 2.75) is 6.54 Å². The first kappa shape index (κ1) is 14.4. The molecule has 0 spiro atoms. The van der Waals surface area contributed by atoms with Crippen LogP contribution in [0.5, 0.6) is 0 Å². The average Bonchev–Trinajstić information content (AvgIpc) is 2.89. The van der Waals surface area contributed by atoms with Crippen molar-refractivity contribution >= 4 is 34.5 Å². The molecule has 0 aliphatic carbocycles. The summed E-state index contributed by atoms with van der Waals surface area (Å²) in [6.45, 7) is 0.640. The van der Waals surface area contributed by atoms with E-state index in [9.17, 15) is 4.39 Å². The zero-order valence-corrected chi connectivity index (χ0v) is 13.5. The first-order valence-corrected chi connectivity index (χ1v) is 7.81. The van der Waals surface area contributed by atoms with Crippen molar-refractivity contribution in [3.05, 3.63) is 71.0 Å². The molecule has 6 heteroatoms. The predicted molar refractivity (Wildman–Crippen MR) is 93.5 cm³/mol. The predicted octanol–water partition coefficient (Wildman–Crippen LogP) is 4.49. The fraction of sp³-hybridized carbons (Fsp3) is 0.0588. The number of benzene rings is 1. The summed E-state index contributed by atoms with van der Waals surface area (Å²) in [7, 11) is 0. The Hall–Kier alpha value is -2.24. The van der Waals surface area contributed by atoms with Gasteiger partial charge < -0.3 is 9.88 Å². The summed E-state index contributed by atoms with van der Waals surface area (Å²) in [4.78, 5) is 4.71. The summed E-state index contributed by atoms with van der Waals surface area (Å²) in [6, 6.07) is 10.3. The number of aromatic nitrogens is 2. The molecule has 0 unspecified atom stereocenters. The van der Waals surface area contributed by atoms with Crippen molar-refractivity contribution in [3.8, 4) is 11.1 Å². The molecular formula is C17H11ClFN3S. The summed E-state index contributed by atoms with van der Waals surface area (Å²) in [5, 5.41) is 3.66. The lowest BCUT2D eigenvalue weighted by atomic mass is 10.1. The topological polar surface area (TPSA) is 29.9 Å².